The maximum atomic E-state index is 5.99. The molecule has 21 heavy (non-hydrogen) atoms. The lowest BCUT2D eigenvalue weighted by atomic mass is 10.0. The van der Waals surface area contributed by atoms with Crippen LogP contribution in [0.3, 0.4) is 0 Å². The van der Waals surface area contributed by atoms with E-state index in [4.69, 9.17) is 15.0 Å². The lowest BCUT2D eigenvalue weighted by molar-refractivity contribution is 0.416. The molecule has 0 radical (unpaired) electrons. The van der Waals surface area contributed by atoms with Crippen LogP contribution in [0.5, 0.6) is 5.75 Å². The zero-order chi connectivity index (χ0) is 14.8. The van der Waals surface area contributed by atoms with Gasteiger partial charge in [-0.25, -0.2) is 0 Å². The fraction of sp³-hybridized carbons (Fsp3) is 0.0625. The zero-order valence-corrected chi connectivity index (χ0v) is 12.9. The largest absolute Gasteiger partial charge is 0.496 e. The molecule has 2 aromatic carbocycles. The molecule has 0 spiro atoms. The summed E-state index contributed by atoms with van der Waals surface area (Å²) in [6.07, 6.45) is 0. The van der Waals surface area contributed by atoms with Crippen LogP contribution in [0.25, 0.3) is 22.5 Å². The van der Waals surface area contributed by atoms with Crippen LogP contribution < -0.4 is 10.5 Å². The number of nitrogens with two attached hydrogens (primary N) is 1. The minimum absolute atomic E-state index is 0.345. The molecule has 3 rings (SSSR count). The van der Waals surface area contributed by atoms with Crippen molar-refractivity contribution in [3.8, 4) is 28.2 Å². The Balaban J connectivity index is 2.20. The predicted molar refractivity (Wildman–Crippen MR) is 86.0 cm³/mol. The fourth-order valence-electron chi connectivity index (χ4n) is 2.21. The molecule has 0 aliphatic rings. The van der Waals surface area contributed by atoms with Gasteiger partial charge in [-0.05, 0) is 30.3 Å². The van der Waals surface area contributed by atoms with Gasteiger partial charge in [0, 0.05) is 15.6 Å². The number of para-hydroxylation sites is 1. The Kier molecular flexibility index (Phi) is 3.66. The second-order valence-electron chi connectivity index (χ2n) is 4.48. The highest BCUT2D eigenvalue weighted by molar-refractivity contribution is 9.10. The molecule has 1 heterocycles. The van der Waals surface area contributed by atoms with Crippen molar-refractivity contribution in [3.05, 3.63) is 53.0 Å². The van der Waals surface area contributed by atoms with E-state index in [0.717, 1.165) is 26.9 Å². The molecule has 1 aromatic heterocycles. The summed E-state index contributed by atoms with van der Waals surface area (Å²) in [6, 6.07) is 15.4. The van der Waals surface area contributed by atoms with Crippen LogP contribution in [-0.2, 0) is 0 Å². The van der Waals surface area contributed by atoms with Crippen LogP contribution in [0, 0.1) is 0 Å². The first kappa shape index (κ1) is 13.7. The van der Waals surface area contributed by atoms with E-state index in [9.17, 15) is 0 Å². The lowest BCUT2D eigenvalue weighted by Crippen LogP contribution is -1.92. The Hall–Kier alpha value is -2.27. The van der Waals surface area contributed by atoms with Gasteiger partial charge in [0.2, 0.25) is 0 Å². The molecule has 0 saturated carbocycles. The number of aromatic nitrogens is 1. The smallest absolute Gasteiger partial charge is 0.177 e. The van der Waals surface area contributed by atoms with Gasteiger partial charge in [0.25, 0.3) is 0 Å². The van der Waals surface area contributed by atoms with Crippen molar-refractivity contribution in [3.63, 3.8) is 0 Å². The van der Waals surface area contributed by atoms with Crippen molar-refractivity contribution < 1.29 is 9.26 Å². The SMILES string of the molecule is COc1ccccc1-c1c(N)noc1-c1ccc(Br)cc1. The number of halogens is 1. The van der Waals surface area contributed by atoms with E-state index in [1.54, 1.807) is 7.11 Å². The second-order valence-corrected chi connectivity index (χ2v) is 5.39. The van der Waals surface area contributed by atoms with Gasteiger partial charge in [-0.15, -0.1) is 0 Å². The molecule has 2 N–H and O–H groups in total. The molecule has 0 fully saturated rings. The Labute approximate surface area is 130 Å². The third kappa shape index (κ3) is 2.52. The van der Waals surface area contributed by atoms with Gasteiger partial charge in [0.15, 0.2) is 11.6 Å². The van der Waals surface area contributed by atoms with E-state index in [2.05, 4.69) is 21.1 Å². The maximum absolute atomic E-state index is 5.99. The third-order valence-electron chi connectivity index (χ3n) is 3.20. The predicted octanol–water partition coefficient (Wildman–Crippen LogP) is 4.36. The number of nitrogen functional groups attached to an aromatic ring is 1. The molecule has 4 nitrogen and oxygen atoms in total. The summed E-state index contributed by atoms with van der Waals surface area (Å²) in [5.41, 5.74) is 8.50. The molecule has 0 saturated heterocycles. The van der Waals surface area contributed by atoms with Crippen LogP contribution in [0.2, 0.25) is 0 Å². The van der Waals surface area contributed by atoms with Gasteiger partial charge in [-0.3, -0.25) is 0 Å². The van der Waals surface area contributed by atoms with Crippen molar-refractivity contribution >= 4 is 21.7 Å². The van der Waals surface area contributed by atoms with E-state index in [0.29, 0.717) is 11.6 Å². The summed E-state index contributed by atoms with van der Waals surface area (Å²) >= 11 is 3.42. The van der Waals surface area contributed by atoms with Crippen LogP contribution in [0.15, 0.2) is 57.5 Å². The number of nitrogens with zero attached hydrogens (tertiary/aromatic N) is 1. The average molecular weight is 345 g/mol. The molecular formula is C16H13BrN2O2. The van der Waals surface area contributed by atoms with Gasteiger partial charge in [0.1, 0.15) is 5.75 Å². The molecule has 0 amide bonds. The molecule has 0 atom stereocenters. The van der Waals surface area contributed by atoms with Crippen molar-refractivity contribution in [2.45, 2.75) is 0 Å². The summed E-state index contributed by atoms with van der Waals surface area (Å²) in [7, 11) is 1.63. The summed E-state index contributed by atoms with van der Waals surface area (Å²) in [5, 5.41) is 3.90. The van der Waals surface area contributed by atoms with Gasteiger partial charge in [-0.2, -0.15) is 0 Å². The van der Waals surface area contributed by atoms with Crippen molar-refractivity contribution in [1.82, 2.24) is 5.16 Å². The topological polar surface area (TPSA) is 61.3 Å². The van der Waals surface area contributed by atoms with E-state index in [1.165, 1.54) is 0 Å². The normalized spacial score (nSPS) is 10.6. The van der Waals surface area contributed by atoms with E-state index < -0.39 is 0 Å². The molecule has 0 aliphatic carbocycles. The summed E-state index contributed by atoms with van der Waals surface area (Å²) < 4.78 is 11.8. The number of benzene rings is 2. The highest BCUT2D eigenvalue weighted by atomic mass is 79.9. The van der Waals surface area contributed by atoms with Crippen LogP contribution in [0.4, 0.5) is 5.82 Å². The maximum Gasteiger partial charge on any atom is 0.177 e. The standard InChI is InChI=1S/C16H13BrN2O2/c1-20-13-5-3-2-4-12(13)14-15(21-19-16(14)18)10-6-8-11(17)9-7-10/h2-9H,1H3,(H2,18,19). The van der Waals surface area contributed by atoms with Gasteiger partial charge < -0.3 is 15.0 Å². The first-order chi connectivity index (χ1) is 10.2. The Bertz CT molecular complexity index is 766. The van der Waals surface area contributed by atoms with Crippen molar-refractivity contribution in [2.75, 3.05) is 12.8 Å². The fourth-order valence-corrected chi connectivity index (χ4v) is 2.48. The van der Waals surface area contributed by atoms with Gasteiger partial charge >= 0.3 is 0 Å². The van der Waals surface area contributed by atoms with Gasteiger partial charge in [0.05, 0.1) is 12.7 Å². The number of rotatable bonds is 3. The Morgan fingerprint density at radius 3 is 2.52 bits per heavy atom. The van der Waals surface area contributed by atoms with Crippen LogP contribution >= 0.6 is 15.9 Å². The minimum Gasteiger partial charge on any atom is -0.496 e. The highest BCUT2D eigenvalue weighted by Crippen LogP contribution is 2.40. The monoisotopic (exact) mass is 344 g/mol. The second kappa shape index (κ2) is 5.61. The van der Waals surface area contributed by atoms with Crippen molar-refractivity contribution in [1.29, 1.82) is 0 Å². The molecule has 0 aliphatic heterocycles. The van der Waals surface area contributed by atoms with Crippen LogP contribution in [0.1, 0.15) is 0 Å². The van der Waals surface area contributed by atoms with E-state index in [-0.39, 0.29) is 0 Å². The number of hydrogen-bond acceptors (Lipinski definition) is 4. The first-order valence-electron chi connectivity index (χ1n) is 6.35. The molecule has 0 unspecified atom stereocenters. The van der Waals surface area contributed by atoms with E-state index in [1.807, 2.05) is 48.5 Å². The molecule has 3 aromatic rings. The zero-order valence-electron chi connectivity index (χ0n) is 11.3. The quantitative estimate of drug-likeness (QED) is 0.766. The number of hydrogen-bond donors (Lipinski definition) is 1. The van der Waals surface area contributed by atoms with Crippen molar-refractivity contribution in [2.24, 2.45) is 0 Å². The minimum atomic E-state index is 0.345. The Morgan fingerprint density at radius 2 is 1.81 bits per heavy atom. The average Bonchev–Trinajstić information content (AvgIpc) is 2.89. The van der Waals surface area contributed by atoms with Crippen LogP contribution in [-0.4, -0.2) is 12.3 Å². The lowest BCUT2D eigenvalue weighted by Gasteiger charge is -2.08. The van der Waals surface area contributed by atoms with Gasteiger partial charge in [-0.1, -0.05) is 39.3 Å². The highest BCUT2D eigenvalue weighted by Gasteiger charge is 2.20. The molecule has 0 bridgehead atoms. The number of anilines is 1. The molecular weight excluding hydrogens is 332 g/mol. The summed E-state index contributed by atoms with van der Waals surface area (Å²) in [5.74, 6) is 1.70. The molecule has 5 heteroatoms. The van der Waals surface area contributed by atoms with E-state index >= 15 is 0 Å². The number of methoxy groups -OCH3 is 1. The number of ether oxygens (including phenoxy) is 1. The Morgan fingerprint density at radius 1 is 1.10 bits per heavy atom. The third-order valence-corrected chi connectivity index (χ3v) is 3.73. The molecule has 106 valence electrons. The first-order valence-corrected chi connectivity index (χ1v) is 7.14. The summed E-state index contributed by atoms with van der Waals surface area (Å²) in [4.78, 5) is 0. The summed E-state index contributed by atoms with van der Waals surface area (Å²) in [6.45, 7) is 0.